The Labute approximate surface area is 121 Å². The van der Waals surface area contributed by atoms with Crippen LogP contribution in [0.4, 0.5) is 11.4 Å². The Kier molecular flexibility index (Phi) is 4.10. The lowest BCUT2D eigenvalue weighted by Crippen LogP contribution is -2.02. The highest BCUT2D eigenvalue weighted by molar-refractivity contribution is 6.30. The molecule has 0 spiro atoms. The van der Waals surface area contributed by atoms with Gasteiger partial charge in [-0.15, -0.1) is 0 Å². The Morgan fingerprint density at radius 3 is 2.70 bits per heavy atom. The number of rotatable bonds is 4. The monoisotopic (exact) mass is 292 g/mol. The summed E-state index contributed by atoms with van der Waals surface area (Å²) in [6, 6.07) is 9.40. The predicted molar refractivity (Wildman–Crippen MR) is 78.3 cm³/mol. The van der Waals surface area contributed by atoms with Crippen LogP contribution in [0, 0.1) is 17.0 Å². The number of halogens is 1. The van der Waals surface area contributed by atoms with E-state index in [4.69, 9.17) is 11.6 Å². The van der Waals surface area contributed by atoms with Crippen LogP contribution in [0.15, 0.2) is 36.4 Å². The fraction of sp³-hybridized carbons (Fsp3) is 0.143. The number of non-ortho nitro benzene ring substituents is 1. The molecule has 6 heteroatoms. The van der Waals surface area contributed by atoms with Crippen LogP contribution in [0.1, 0.15) is 11.1 Å². The summed E-state index contributed by atoms with van der Waals surface area (Å²) in [5.41, 5.74) is 2.25. The Bertz CT molecular complexity index is 659. The first-order valence-electron chi connectivity index (χ1n) is 5.93. The second-order valence-electron chi connectivity index (χ2n) is 4.38. The van der Waals surface area contributed by atoms with Crippen LogP contribution >= 0.6 is 11.6 Å². The van der Waals surface area contributed by atoms with Crippen molar-refractivity contribution in [3.8, 4) is 5.75 Å². The van der Waals surface area contributed by atoms with Gasteiger partial charge in [0.25, 0.3) is 5.69 Å². The van der Waals surface area contributed by atoms with Gasteiger partial charge in [0.05, 0.1) is 4.92 Å². The molecule has 104 valence electrons. The maximum absolute atomic E-state index is 10.7. The van der Waals surface area contributed by atoms with Gasteiger partial charge in [0.15, 0.2) is 0 Å². The van der Waals surface area contributed by atoms with Crippen molar-refractivity contribution < 1.29 is 10.0 Å². The van der Waals surface area contributed by atoms with Crippen molar-refractivity contribution in [1.29, 1.82) is 0 Å². The highest BCUT2D eigenvalue weighted by atomic mass is 35.5. The van der Waals surface area contributed by atoms with Gasteiger partial charge in [-0.2, -0.15) is 0 Å². The fourth-order valence-corrected chi connectivity index (χ4v) is 2.04. The average Bonchev–Trinajstić information content (AvgIpc) is 2.40. The molecule has 0 unspecified atom stereocenters. The Morgan fingerprint density at radius 2 is 2.05 bits per heavy atom. The maximum Gasteiger partial charge on any atom is 0.269 e. The highest BCUT2D eigenvalue weighted by Crippen LogP contribution is 2.25. The molecule has 0 heterocycles. The molecular formula is C14H13ClN2O3. The maximum atomic E-state index is 10.7. The molecule has 0 aliphatic rings. The number of anilines is 1. The van der Waals surface area contributed by atoms with Crippen LogP contribution in [0.5, 0.6) is 5.75 Å². The van der Waals surface area contributed by atoms with Crippen molar-refractivity contribution >= 4 is 23.0 Å². The van der Waals surface area contributed by atoms with Crippen LogP contribution in [-0.4, -0.2) is 10.0 Å². The van der Waals surface area contributed by atoms with E-state index in [1.165, 1.54) is 18.2 Å². The summed E-state index contributed by atoms with van der Waals surface area (Å²) in [5.74, 6) is 0.154. The summed E-state index contributed by atoms with van der Waals surface area (Å²) < 4.78 is 0. The molecule has 2 N–H and O–H groups in total. The molecule has 0 radical (unpaired) electrons. The molecule has 0 saturated heterocycles. The summed E-state index contributed by atoms with van der Waals surface area (Å²) in [6.45, 7) is 2.16. The number of nitro groups is 1. The van der Waals surface area contributed by atoms with Crippen LogP contribution in [0.2, 0.25) is 5.02 Å². The summed E-state index contributed by atoms with van der Waals surface area (Å²) in [5, 5.41) is 24.0. The van der Waals surface area contributed by atoms with E-state index in [-0.39, 0.29) is 11.4 Å². The Balaban J connectivity index is 2.15. The lowest BCUT2D eigenvalue weighted by Gasteiger charge is -2.10. The van der Waals surface area contributed by atoms with Gasteiger partial charge in [0.1, 0.15) is 5.75 Å². The van der Waals surface area contributed by atoms with Gasteiger partial charge in [-0.1, -0.05) is 11.6 Å². The Hall–Kier alpha value is -2.27. The first-order valence-corrected chi connectivity index (χ1v) is 6.31. The minimum atomic E-state index is -0.431. The minimum Gasteiger partial charge on any atom is -0.508 e. The lowest BCUT2D eigenvalue weighted by molar-refractivity contribution is -0.384. The first kappa shape index (κ1) is 14.1. The quantitative estimate of drug-likeness (QED) is 0.662. The molecule has 2 aromatic rings. The van der Waals surface area contributed by atoms with Gasteiger partial charge in [-0.25, -0.2) is 0 Å². The number of phenols is 1. The minimum absolute atomic E-state index is 0.0543. The number of nitrogens with zero attached hydrogens (tertiary/aromatic N) is 1. The van der Waals surface area contributed by atoms with Crippen molar-refractivity contribution in [1.82, 2.24) is 0 Å². The van der Waals surface area contributed by atoms with E-state index in [1.807, 2.05) is 0 Å². The molecule has 0 amide bonds. The second-order valence-corrected chi connectivity index (χ2v) is 4.82. The van der Waals surface area contributed by atoms with Gasteiger partial charge >= 0.3 is 0 Å². The molecule has 0 fully saturated rings. The summed E-state index contributed by atoms with van der Waals surface area (Å²) in [4.78, 5) is 10.2. The Morgan fingerprint density at radius 1 is 1.30 bits per heavy atom. The number of hydrogen-bond acceptors (Lipinski definition) is 4. The zero-order valence-electron chi connectivity index (χ0n) is 10.8. The molecule has 0 bridgehead atoms. The molecule has 0 atom stereocenters. The number of benzene rings is 2. The van der Waals surface area contributed by atoms with Crippen molar-refractivity contribution in [2.24, 2.45) is 0 Å². The van der Waals surface area contributed by atoms with Gasteiger partial charge < -0.3 is 10.4 Å². The largest absolute Gasteiger partial charge is 0.508 e. The zero-order chi connectivity index (χ0) is 14.7. The molecule has 0 aliphatic carbocycles. The normalized spacial score (nSPS) is 10.3. The lowest BCUT2D eigenvalue weighted by atomic mass is 10.1. The van der Waals surface area contributed by atoms with Crippen molar-refractivity contribution in [2.75, 3.05) is 5.32 Å². The van der Waals surface area contributed by atoms with Gasteiger partial charge in [-0.3, -0.25) is 10.1 Å². The average molecular weight is 293 g/mol. The van der Waals surface area contributed by atoms with Gasteiger partial charge in [0, 0.05) is 35.0 Å². The van der Waals surface area contributed by atoms with Crippen LogP contribution in [-0.2, 0) is 6.54 Å². The van der Waals surface area contributed by atoms with E-state index in [2.05, 4.69) is 5.32 Å². The van der Waals surface area contributed by atoms with Crippen LogP contribution < -0.4 is 5.32 Å². The summed E-state index contributed by atoms with van der Waals surface area (Å²) in [6.07, 6.45) is 0. The molecular weight excluding hydrogens is 280 g/mol. The van der Waals surface area contributed by atoms with E-state index in [0.717, 1.165) is 11.3 Å². The number of nitrogens with one attached hydrogen (secondary N) is 1. The third kappa shape index (κ3) is 3.19. The van der Waals surface area contributed by atoms with Crippen LogP contribution in [0.25, 0.3) is 0 Å². The molecule has 20 heavy (non-hydrogen) atoms. The fourth-order valence-electron chi connectivity index (χ4n) is 1.85. The van der Waals surface area contributed by atoms with E-state index in [9.17, 15) is 15.2 Å². The molecule has 0 aliphatic heterocycles. The topological polar surface area (TPSA) is 75.4 Å². The van der Waals surface area contributed by atoms with E-state index >= 15 is 0 Å². The standard InChI is InChI=1S/C14H13ClN2O3/c1-9-6-12(17(19)20)3-4-13(9)16-8-10-7-11(15)2-5-14(10)18/h2-7,16,18H,8H2,1H3. The van der Waals surface area contributed by atoms with E-state index < -0.39 is 4.92 Å². The molecule has 2 rings (SSSR count). The number of hydrogen-bond donors (Lipinski definition) is 2. The van der Waals surface area contributed by atoms with Gasteiger partial charge in [-0.05, 0) is 36.8 Å². The molecule has 2 aromatic carbocycles. The van der Waals surface area contributed by atoms with Crippen molar-refractivity contribution in [2.45, 2.75) is 13.5 Å². The first-order chi connectivity index (χ1) is 9.47. The molecule has 5 nitrogen and oxygen atoms in total. The molecule has 0 saturated carbocycles. The SMILES string of the molecule is Cc1cc([N+](=O)[O-])ccc1NCc1cc(Cl)ccc1O. The third-order valence-corrected chi connectivity index (χ3v) is 3.17. The zero-order valence-corrected chi connectivity index (χ0v) is 11.5. The van der Waals surface area contributed by atoms with E-state index in [1.54, 1.807) is 25.1 Å². The number of phenolic OH excluding ortho intramolecular Hbond substituents is 1. The second kappa shape index (κ2) is 5.79. The summed E-state index contributed by atoms with van der Waals surface area (Å²) in [7, 11) is 0. The number of nitro benzene ring substituents is 1. The smallest absolute Gasteiger partial charge is 0.269 e. The van der Waals surface area contributed by atoms with Crippen LogP contribution in [0.3, 0.4) is 0 Å². The van der Waals surface area contributed by atoms with Gasteiger partial charge in [0.2, 0.25) is 0 Å². The van der Waals surface area contributed by atoms with E-state index in [0.29, 0.717) is 17.1 Å². The highest BCUT2D eigenvalue weighted by Gasteiger charge is 2.08. The number of aromatic hydroxyl groups is 1. The third-order valence-electron chi connectivity index (χ3n) is 2.93. The predicted octanol–water partition coefficient (Wildman–Crippen LogP) is 3.87. The van der Waals surface area contributed by atoms with Crippen molar-refractivity contribution in [3.05, 3.63) is 62.7 Å². The number of aryl methyl sites for hydroxylation is 1. The summed E-state index contributed by atoms with van der Waals surface area (Å²) >= 11 is 5.87. The van der Waals surface area contributed by atoms with Crippen molar-refractivity contribution in [3.63, 3.8) is 0 Å². The molecule has 0 aromatic heterocycles.